The van der Waals surface area contributed by atoms with Gasteiger partial charge in [0.05, 0.1) is 26.3 Å². The number of carbonyl (C=O) groups is 3. The van der Waals surface area contributed by atoms with Crippen LogP contribution in [0.1, 0.15) is 15.2 Å². The second kappa shape index (κ2) is 8.84. The van der Waals surface area contributed by atoms with Gasteiger partial charge in [-0.3, -0.25) is 9.59 Å². The lowest BCUT2D eigenvalue weighted by atomic mass is 10.1. The van der Waals surface area contributed by atoms with Crippen molar-refractivity contribution in [1.82, 2.24) is 0 Å². The molecule has 0 fully saturated rings. The highest BCUT2D eigenvalue weighted by molar-refractivity contribution is 7.12. The largest absolute Gasteiger partial charge is 0.497 e. The maximum absolute atomic E-state index is 11.9. The number of hydrogen-bond acceptors (Lipinski definition) is 7. The van der Waals surface area contributed by atoms with Gasteiger partial charge in [0.1, 0.15) is 10.6 Å². The molecule has 7 nitrogen and oxygen atoms in total. The van der Waals surface area contributed by atoms with E-state index in [1.54, 1.807) is 42.8 Å². The molecule has 0 saturated carbocycles. The number of rotatable bonds is 7. The third-order valence-electron chi connectivity index (χ3n) is 3.18. The maximum Gasteiger partial charge on any atom is 0.350 e. The van der Waals surface area contributed by atoms with Crippen LogP contribution in [0, 0.1) is 0 Å². The lowest BCUT2D eigenvalue weighted by molar-refractivity contribution is -0.146. The van der Waals surface area contributed by atoms with E-state index in [9.17, 15) is 14.4 Å². The van der Waals surface area contributed by atoms with Crippen LogP contribution in [0.25, 0.3) is 0 Å². The van der Waals surface area contributed by atoms with Crippen molar-refractivity contribution in [1.29, 1.82) is 0 Å². The Kier molecular flexibility index (Phi) is 6.53. The van der Waals surface area contributed by atoms with Crippen molar-refractivity contribution in [2.45, 2.75) is 6.42 Å². The molecule has 1 aromatic heterocycles. The van der Waals surface area contributed by atoms with Crippen LogP contribution in [-0.4, -0.2) is 38.7 Å². The summed E-state index contributed by atoms with van der Waals surface area (Å²) in [5.74, 6) is -0.916. The van der Waals surface area contributed by atoms with Crippen LogP contribution in [0.2, 0.25) is 0 Å². The Morgan fingerprint density at radius 1 is 1.08 bits per heavy atom. The van der Waals surface area contributed by atoms with Gasteiger partial charge in [-0.05, 0) is 29.1 Å². The van der Waals surface area contributed by atoms with Crippen molar-refractivity contribution in [3.05, 3.63) is 46.2 Å². The Morgan fingerprint density at radius 3 is 2.44 bits per heavy atom. The van der Waals surface area contributed by atoms with E-state index in [1.165, 1.54) is 7.11 Å². The number of ether oxygens (including phenoxy) is 3. The first kappa shape index (κ1) is 18.5. The second-order valence-electron chi connectivity index (χ2n) is 4.89. The highest BCUT2D eigenvalue weighted by Crippen LogP contribution is 2.23. The quantitative estimate of drug-likeness (QED) is 0.759. The number of carbonyl (C=O) groups excluding carboxylic acids is 3. The second-order valence-corrected chi connectivity index (χ2v) is 5.80. The van der Waals surface area contributed by atoms with Gasteiger partial charge in [0.25, 0.3) is 5.91 Å². The van der Waals surface area contributed by atoms with E-state index in [-0.39, 0.29) is 11.3 Å². The van der Waals surface area contributed by atoms with Crippen LogP contribution in [0.5, 0.6) is 5.75 Å². The van der Waals surface area contributed by atoms with Crippen molar-refractivity contribution in [2.24, 2.45) is 0 Å². The molecule has 0 aliphatic carbocycles. The number of amides is 1. The lowest BCUT2D eigenvalue weighted by Crippen LogP contribution is -2.22. The molecule has 1 N–H and O–H groups in total. The summed E-state index contributed by atoms with van der Waals surface area (Å²) in [5, 5.41) is 4.17. The molecular formula is C17H17NO6S. The Morgan fingerprint density at radius 2 is 1.80 bits per heavy atom. The third-order valence-corrected chi connectivity index (χ3v) is 4.08. The predicted molar refractivity (Wildman–Crippen MR) is 91.9 cm³/mol. The van der Waals surface area contributed by atoms with E-state index in [0.29, 0.717) is 11.4 Å². The molecule has 0 unspecified atom stereocenters. The summed E-state index contributed by atoms with van der Waals surface area (Å²) in [6.07, 6.45) is 0.0448. The predicted octanol–water partition coefficient (Wildman–Crippen LogP) is 2.27. The third kappa shape index (κ3) is 5.32. The molecule has 0 spiro atoms. The van der Waals surface area contributed by atoms with Gasteiger partial charge in [0.15, 0.2) is 6.61 Å². The number of anilines is 1. The molecule has 2 aromatic rings. The molecule has 0 atom stereocenters. The molecule has 1 aromatic carbocycles. The number of esters is 2. The molecular weight excluding hydrogens is 346 g/mol. The van der Waals surface area contributed by atoms with Gasteiger partial charge in [0.2, 0.25) is 0 Å². The minimum absolute atomic E-state index is 0.0448. The van der Waals surface area contributed by atoms with Crippen LogP contribution in [0.3, 0.4) is 0 Å². The fourth-order valence-corrected chi connectivity index (χ4v) is 2.72. The minimum atomic E-state index is -0.540. The Balaban J connectivity index is 1.82. The molecule has 0 aliphatic heterocycles. The first-order chi connectivity index (χ1) is 12.0. The van der Waals surface area contributed by atoms with Gasteiger partial charge in [-0.25, -0.2) is 4.79 Å². The Labute approximate surface area is 148 Å². The highest BCUT2D eigenvalue weighted by atomic mass is 32.1. The average Bonchev–Trinajstić information content (AvgIpc) is 3.08. The normalized spacial score (nSPS) is 10.0. The van der Waals surface area contributed by atoms with Crippen LogP contribution >= 0.6 is 11.3 Å². The van der Waals surface area contributed by atoms with Crippen LogP contribution in [0.15, 0.2) is 35.7 Å². The Hall–Kier alpha value is -2.87. The van der Waals surface area contributed by atoms with E-state index >= 15 is 0 Å². The van der Waals surface area contributed by atoms with Crippen LogP contribution < -0.4 is 10.1 Å². The molecule has 0 bridgehead atoms. The van der Waals surface area contributed by atoms with Gasteiger partial charge >= 0.3 is 11.9 Å². The van der Waals surface area contributed by atoms with E-state index < -0.39 is 24.5 Å². The highest BCUT2D eigenvalue weighted by Gasteiger charge is 2.16. The zero-order chi connectivity index (χ0) is 18.2. The summed E-state index contributed by atoms with van der Waals surface area (Å²) >= 11 is 1.15. The minimum Gasteiger partial charge on any atom is -0.497 e. The van der Waals surface area contributed by atoms with Gasteiger partial charge in [0, 0.05) is 0 Å². The maximum atomic E-state index is 11.9. The zero-order valence-electron chi connectivity index (χ0n) is 13.7. The van der Waals surface area contributed by atoms with E-state index in [4.69, 9.17) is 9.47 Å². The molecule has 1 heterocycles. The first-order valence-electron chi connectivity index (χ1n) is 7.27. The topological polar surface area (TPSA) is 90.9 Å². The SMILES string of the molecule is COC(=O)c1sccc1NC(=O)COC(=O)Cc1ccc(OC)cc1. The summed E-state index contributed by atoms with van der Waals surface area (Å²) in [7, 11) is 2.82. The van der Waals surface area contributed by atoms with Gasteiger partial charge in [-0.2, -0.15) is 0 Å². The van der Waals surface area contributed by atoms with E-state index in [1.807, 2.05) is 0 Å². The summed E-state index contributed by atoms with van der Waals surface area (Å²) in [5.41, 5.74) is 1.07. The molecule has 1 amide bonds. The Bertz CT molecular complexity index is 753. The number of benzene rings is 1. The zero-order valence-corrected chi connectivity index (χ0v) is 14.6. The number of thiophene rings is 1. The van der Waals surface area contributed by atoms with Crippen molar-refractivity contribution in [3.8, 4) is 5.75 Å². The van der Waals surface area contributed by atoms with Gasteiger partial charge in [-0.1, -0.05) is 12.1 Å². The monoisotopic (exact) mass is 363 g/mol. The number of nitrogens with one attached hydrogen (secondary N) is 1. The fraction of sp³-hybridized carbons (Fsp3) is 0.235. The van der Waals surface area contributed by atoms with Crippen LogP contribution in [-0.2, 0) is 25.5 Å². The van der Waals surface area contributed by atoms with Crippen molar-refractivity contribution in [2.75, 3.05) is 26.1 Å². The summed E-state index contributed by atoms with van der Waals surface area (Å²) in [6, 6.07) is 8.54. The smallest absolute Gasteiger partial charge is 0.350 e. The standard InChI is InChI=1S/C17H17NO6S/c1-22-12-5-3-11(4-6-12)9-15(20)24-10-14(19)18-13-7-8-25-16(13)17(21)23-2/h3-8H,9-10H2,1-2H3,(H,18,19). The molecule has 0 radical (unpaired) electrons. The molecule has 8 heteroatoms. The van der Waals surface area contributed by atoms with Crippen LogP contribution in [0.4, 0.5) is 5.69 Å². The van der Waals surface area contributed by atoms with Gasteiger partial charge in [-0.15, -0.1) is 11.3 Å². The summed E-state index contributed by atoms with van der Waals surface area (Å²) < 4.78 is 14.6. The average molecular weight is 363 g/mol. The summed E-state index contributed by atoms with van der Waals surface area (Å²) in [4.78, 5) is 35.5. The van der Waals surface area contributed by atoms with E-state index in [0.717, 1.165) is 16.9 Å². The fourth-order valence-electron chi connectivity index (χ4n) is 1.95. The molecule has 0 aliphatic rings. The molecule has 2 rings (SSSR count). The molecule has 25 heavy (non-hydrogen) atoms. The number of methoxy groups -OCH3 is 2. The van der Waals surface area contributed by atoms with Crippen molar-refractivity contribution >= 4 is 34.9 Å². The van der Waals surface area contributed by atoms with Gasteiger partial charge < -0.3 is 19.5 Å². The first-order valence-corrected chi connectivity index (χ1v) is 8.15. The van der Waals surface area contributed by atoms with E-state index in [2.05, 4.69) is 10.1 Å². The molecule has 132 valence electrons. The van der Waals surface area contributed by atoms with Crippen molar-refractivity contribution < 1.29 is 28.6 Å². The molecule has 0 saturated heterocycles. The lowest BCUT2D eigenvalue weighted by Gasteiger charge is -2.07. The van der Waals surface area contributed by atoms with Crippen molar-refractivity contribution in [3.63, 3.8) is 0 Å². The number of hydrogen-bond donors (Lipinski definition) is 1. The summed E-state index contributed by atoms with van der Waals surface area (Å²) in [6.45, 7) is -0.439.